The monoisotopic (exact) mass is 240 g/mol. The zero-order valence-corrected chi connectivity index (χ0v) is 6.97. The Labute approximate surface area is 65.2 Å². The van der Waals surface area contributed by atoms with Gasteiger partial charge < -0.3 is 8.83 Å². The Morgan fingerprint density at radius 1 is 1.56 bits per heavy atom. The third kappa shape index (κ3) is 1.35. The minimum atomic E-state index is -0.612. The summed E-state index contributed by atoms with van der Waals surface area (Å²) in [5.41, 5.74) is 0. The fraction of sp³-hybridized carbons (Fsp3) is 0.400. The zero-order valence-electron chi connectivity index (χ0n) is 4.81. The molecule has 0 aliphatic rings. The molecule has 0 N–H and O–H groups in total. The zero-order chi connectivity index (χ0) is 6.85. The molecule has 9 heavy (non-hydrogen) atoms. The topological polar surface area (TPSA) is 43.4 Å². The van der Waals surface area contributed by atoms with Crippen molar-refractivity contribution in [3.63, 3.8) is 0 Å². The summed E-state index contributed by atoms with van der Waals surface area (Å²) in [5.74, 6) is 0.592. The molecule has 1 aromatic rings. The van der Waals surface area contributed by atoms with Gasteiger partial charge in [0.25, 0.3) is 0 Å². The smallest absolute Gasteiger partial charge is 0.396 e. The molecule has 0 unspecified atom stereocenters. The van der Waals surface area contributed by atoms with Crippen molar-refractivity contribution in [3.05, 3.63) is 22.1 Å². The van der Waals surface area contributed by atoms with Gasteiger partial charge in [0.2, 0.25) is 0 Å². The summed E-state index contributed by atoms with van der Waals surface area (Å²) >= 11 is 2.10. The van der Waals surface area contributed by atoms with E-state index in [2.05, 4.69) is 31.4 Å². The summed E-state index contributed by atoms with van der Waals surface area (Å²) in [6.07, 6.45) is 0. The lowest BCUT2D eigenvalue weighted by Crippen LogP contribution is -1.85. The van der Waals surface area contributed by atoms with E-state index in [1.807, 2.05) is 0 Å². The predicted molar refractivity (Wildman–Crippen MR) is 39.7 cm³/mol. The molecular weight excluding hydrogens is 235 g/mol. The minimum Gasteiger partial charge on any atom is -0.396 e. The van der Waals surface area contributed by atoms with E-state index in [1.54, 1.807) is 6.92 Å². The number of rotatable bonds is 1. The molecule has 1 heterocycles. The third-order valence-corrected chi connectivity index (χ3v) is 1.65. The Kier molecular flexibility index (Phi) is 1.94. The van der Waals surface area contributed by atoms with Crippen LogP contribution in [0.15, 0.2) is 13.6 Å². The molecule has 3 nitrogen and oxygen atoms in total. The van der Waals surface area contributed by atoms with E-state index in [1.165, 1.54) is 0 Å². The van der Waals surface area contributed by atoms with Crippen LogP contribution in [0.1, 0.15) is 11.5 Å². The van der Waals surface area contributed by atoms with Crippen LogP contribution in [0.2, 0.25) is 0 Å². The number of hydrogen-bond donors (Lipinski definition) is 0. The second kappa shape index (κ2) is 2.55. The van der Waals surface area contributed by atoms with Crippen molar-refractivity contribution in [2.24, 2.45) is 0 Å². The Morgan fingerprint density at radius 3 is 2.44 bits per heavy atom. The van der Waals surface area contributed by atoms with Crippen LogP contribution < -0.4 is 5.82 Å². The molecule has 0 aliphatic heterocycles. The van der Waals surface area contributed by atoms with Crippen molar-refractivity contribution < 1.29 is 8.83 Å². The van der Waals surface area contributed by atoms with Crippen LogP contribution >= 0.6 is 22.6 Å². The lowest BCUT2D eigenvalue weighted by atomic mass is 10.4. The summed E-state index contributed by atoms with van der Waals surface area (Å²) in [4.78, 5) is 10.3. The first-order valence-electron chi connectivity index (χ1n) is 2.39. The van der Waals surface area contributed by atoms with Gasteiger partial charge in [0.1, 0.15) is 5.76 Å². The quantitative estimate of drug-likeness (QED) is 0.551. The van der Waals surface area contributed by atoms with Gasteiger partial charge in [-0.3, -0.25) is 0 Å². The highest BCUT2D eigenvalue weighted by molar-refractivity contribution is 14.1. The van der Waals surface area contributed by atoms with Crippen LogP contribution in [0, 0.1) is 6.92 Å². The van der Waals surface area contributed by atoms with E-state index >= 15 is 0 Å². The summed E-state index contributed by atoms with van der Waals surface area (Å²) in [5, 5.41) is 0. The Bertz CT molecular complexity index is 247. The SMILES string of the molecule is Cc1oc(=O)oc1CI. The second-order valence-electron chi connectivity index (χ2n) is 1.57. The van der Waals surface area contributed by atoms with Gasteiger partial charge >= 0.3 is 5.82 Å². The summed E-state index contributed by atoms with van der Waals surface area (Å²) in [6.45, 7) is 1.71. The van der Waals surface area contributed by atoms with Crippen molar-refractivity contribution >= 4 is 22.6 Å². The van der Waals surface area contributed by atoms with Crippen molar-refractivity contribution in [3.8, 4) is 0 Å². The standard InChI is InChI=1S/C5H5IO3/c1-3-4(2-6)9-5(7)8-3/h2H2,1H3. The maximum absolute atomic E-state index is 10.3. The van der Waals surface area contributed by atoms with E-state index in [0.29, 0.717) is 15.9 Å². The molecule has 0 bridgehead atoms. The summed E-state index contributed by atoms with van der Waals surface area (Å²) in [7, 11) is 0. The molecule has 0 radical (unpaired) electrons. The van der Waals surface area contributed by atoms with Crippen molar-refractivity contribution in [2.45, 2.75) is 11.4 Å². The van der Waals surface area contributed by atoms with Crippen LogP contribution in [0.3, 0.4) is 0 Å². The first-order valence-corrected chi connectivity index (χ1v) is 3.92. The molecule has 0 spiro atoms. The number of aryl methyl sites for hydroxylation is 1. The molecule has 0 saturated carbocycles. The van der Waals surface area contributed by atoms with E-state index in [4.69, 9.17) is 0 Å². The fourth-order valence-corrected chi connectivity index (χ4v) is 1.19. The number of halogens is 1. The van der Waals surface area contributed by atoms with Gasteiger partial charge in [0.05, 0.1) is 4.43 Å². The third-order valence-electron chi connectivity index (χ3n) is 0.957. The average molecular weight is 240 g/mol. The molecule has 0 aromatic carbocycles. The van der Waals surface area contributed by atoms with Crippen molar-refractivity contribution in [1.82, 2.24) is 0 Å². The first-order chi connectivity index (χ1) is 4.24. The maximum Gasteiger partial charge on any atom is 0.519 e. The highest BCUT2D eigenvalue weighted by atomic mass is 127. The van der Waals surface area contributed by atoms with E-state index in [9.17, 15) is 4.79 Å². The van der Waals surface area contributed by atoms with Crippen LogP contribution in [0.5, 0.6) is 0 Å². The second-order valence-corrected chi connectivity index (χ2v) is 2.33. The van der Waals surface area contributed by atoms with E-state index < -0.39 is 5.82 Å². The van der Waals surface area contributed by atoms with E-state index in [0.717, 1.165) is 0 Å². The van der Waals surface area contributed by atoms with Crippen molar-refractivity contribution in [2.75, 3.05) is 0 Å². The van der Waals surface area contributed by atoms with E-state index in [-0.39, 0.29) is 0 Å². The lowest BCUT2D eigenvalue weighted by molar-refractivity contribution is 0.373. The van der Waals surface area contributed by atoms with Crippen LogP contribution in [0.4, 0.5) is 0 Å². The number of hydrogen-bond acceptors (Lipinski definition) is 3. The highest BCUT2D eigenvalue weighted by Crippen LogP contribution is 2.08. The molecule has 4 heteroatoms. The largest absolute Gasteiger partial charge is 0.519 e. The maximum atomic E-state index is 10.3. The molecule has 0 fully saturated rings. The fourth-order valence-electron chi connectivity index (χ4n) is 0.497. The minimum absolute atomic E-state index is 0.578. The van der Waals surface area contributed by atoms with Gasteiger partial charge in [-0.2, -0.15) is 0 Å². The highest BCUT2D eigenvalue weighted by Gasteiger charge is 2.04. The van der Waals surface area contributed by atoms with Gasteiger partial charge in [0.15, 0.2) is 5.76 Å². The molecule has 1 aromatic heterocycles. The van der Waals surface area contributed by atoms with Gasteiger partial charge in [-0.25, -0.2) is 4.79 Å². The van der Waals surface area contributed by atoms with Gasteiger partial charge in [-0.05, 0) is 6.92 Å². The van der Waals surface area contributed by atoms with Gasteiger partial charge in [0, 0.05) is 0 Å². The molecule has 0 amide bonds. The molecule has 50 valence electrons. The first kappa shape index (κ1) is 6.85. The molecule has 0 saturated heterocycles. The Balaban J connectivity index is 3.16. The summed E-state index contributed by atoms with van der Waals surface area (Å²) < 4.78 is 9.89. The van der Waals surface area contributed by atoms with Gasteiger partial charge in [-0.1, -0.05) is 22.6 Å². The molecule has 1 rings (SSSR count). The predicted octanol–water partition coefficient (Wildman–Crippen LogP) is 1.48. The van der Waals surface area contributed by atoms with Crippen LogP contribution in [0.25, 0.3) is 0 Å². The van der Waals surface area contributed by atoms with Crippen LogP contribution in [-0.4, -0.2) is 0 Å². The molecule has 0 atom stereocenters. The van der Waals surface area contributed by atoms with Crippen LogP contribution in [-0.2, 0) is 4.43 Å². The van der Waals surface area contributed by atoms with Gasteiger partial charge in [-0.15, -0.1) is 0 Å². The normalized spacial score (nSPS) is 10.0. The number of alkyl halides is 1. The average Bonchev–Trinajstić information content (AvgIpc) is 2.10. The Hall–Kier alpha value is -0.260. The van der Waals surface area contributed by atoms with Crippen molar-refractivity contribution in [1.29, 1.82) is 0 Å². The molecular formula is C5H5IO3. The molecule has 0 aliphatic carbocycles. The Morgan fingerprint density at radius 2 is 2.22 bits per heavy atom. The lowest BCUT2D eigenvalue weighted by Gasteiger charge is -1.81. The summed E-state index contributed by atoms with van der Waals surface area (Å²) in [6, 6.07) is 0.